The van der Waals surface area contributed by atoms with E-state index in [9.17, 15) is 4.79 Å². The van der Waals surface area contributed by atoms with Gasteiger partial charge in [0.25, 0.3) is 5.91 Å². The molecule has 132 valence electrons. The molecule has 4 aromatic rings. The minimum absolute atomic E-state index is 0.170. The monoisotopic (exact) mass is 365 g/mol. The van der Waals surface area contributed by atoms with E-state index in [-0.39, 0.29) is 5.91 Å². The van der Waals surface area contributed by atoms with E-state index < -0.39 is 0 Å². The number of para-hydroxylation sites is 2. The van der Waals surface area contributed by atoms with Crippen molar-refractivity contribution in [3.8, 4) is 0 Å². The van der Waals surface area contributed by atoms with Gasteiger partial charge in [-0.15, -0.1) is 11.3 Å². The van der Waals surface area contributed by atoms with Crippen LogP contribution in [-0.4, -0.2) is 20.4 Å². The Labute approximate surface area is 154 Å². The molecule has 0 atom stereocenters. The van der Waals surface area contributed by atoms with Gasteiger partial charge in [0.2, 0.25) is 0 Å². The lowest BCUT2D eigenvalue weighted by Crippen LogP contribution is -2.15. The number of aromatic nitrogens is 3. The molecule has 0 saturated heterocycles. The summed E-state index contributed by atoms with van der Waals surface area (Å²) in [5.41, 5.74) is 9.76. The summed E-state index contributed by atoms with van der Waals surface area (Å²) < 4.78 is 1.97. The summed E-state index contributed by atoms with van der Waals surface area (Å²) in [4.78, 5) is 22.6. The Hall–Kier alpha value is -2.93. The van der Waals surface area contributed by atoms with Crippen molar-refractivity contribution in [2.24, 2.45) is 0 Å². The fourth-order valence-electron chi connectivity index (χ4n) is 2.97. The smallest absolute Gasteiger partial charge is 0.266 e. The molecule has 0 saturated carbocycles. The maximum atomic E-state index is 12.6. The molecule has 0 aliphatic rings. The predicted molar refractivity (Wildman–Crippen MR) is 107 cm³/mol. The molecule has 0 fully saturated rings. The van der Waals surface area contributed by atoms with Gasteiger partial charge in [-0.25, -0.2) is 9.97 Å². The van der Waals surface area contributed by atoms with E-state index >= 15 is 0 Å². The molecule has 0 aliphatic heterocycles. The quantitative estimate of drug-likeness (QED) is 0.553. The van der Waals surface area contributed by atoms with Crippen molar-refractivity contribution in [3.63, 3.8) is 0 Å². The number of fused-ring (bicyclic) bond motifs is 2. The maximum Gasteiger partial charge on any atom is 0.266 e. The summed E-state index contributed by atoms with van der Waals surface area (Å²) in [6.45, 7) is 2.84. The lowest BCUT2D eigenvalue weighted by Gasteiger charge is -2.11. The van der Waals surface area contributed by atoms with Gasteiger partial charge in [0.05, 0.1) is 15.9 Å². The number of anilines is 2. The molecule has 3 heterocycles. The number of benzene rings is 1. The molecule has 26 heavy (non-hydrogen) atoms. The lowest BCUT2D eigenvalue weighted by molar-refractivity contribution is 0.103. The highest BCUT2D eigenvalue weighted by Crippen LogP contribution is 2.32. The zero-order valence-electron chi connectivity index (χ0n) is 14.4. The molecule has 3 N–H and O–H groups in total. The van der Waals surface area contributed by atoms with E-state index in [1.54, 1.807) is 6.07 Å². The molecule has 7 heteroatoms. The number of nitrogens with two attached hydrogens (primary N) is 1. The zero-order valence-corrected chi connectivity index (χ0v) is 15.2. The van der Waals surface area contributed by atoms with Gasteiger partial charge in [-0.1, -0.05) is 31.5 Å². The second-order valence-electron chi connectivity index (χ2n) is 6.08. The van der Waals surface area contributed by atoms with Crippen LogP contribution in [0.5, 0.6) is 0 Å². The fourth-order valence-corrected chi connectivity index (χ4v) is 3.59. The molecule has 0 bridgehead atoms. The first-order valence-electron chi connectivity index (χ1n) is 8.58. The van der Waals surface area contributed by atoms with Gasteiger partial charge in [-0.05, 0) is 30.0 Å². The number of nitrogens with one attached hydrogen (secondary N) is 1. The minimum Gasteiger partial charge on any atom is -0.394 e. The van der Waals surface area contributed by atoms with E-state index in [0.717, 1.165) is 30.4 Å². The Morgan fingerprint density at radius 2 is 1.96 bits per heavy atom. The first-order chi connectivity index (χ1) is 12.7. The summed E-state index contributed by atoms with van der Waals surface area (Å²) >= 11 is 1.40. The fraction of sp³-hybridized carbons (Fsp3) is 0.211. The summed E-state index contributed by atoms with van der Waals surface area (Å²) in [6.07, 6.45) is 1.98. The van der Waals surface area contributed by atoms with Gasteiger partial charge in [-0.2, -0.15) is 0 Å². The molecule has 6 nitrogen and oxygen atoms in total. The van der Waals surface area contributed by atoms with Crippen LogP contribution >= 0.6 is 11.3 Å². The van der Waals surface area contributed by atoms with Crippen LogP contribution in [0.2, 0.25) is 0 Å². The number of hydrogen-bond acceptors (Lipinski definition) is 5. The maximum absolute atomic E-state index is 12.6. The Balaban J connectivity index is 1.87. The van der Waals surface area contributed by atoms with Crippen molar-refractivity contribution in [3.05, 3.63) is 46.7 Å². The molecule has 4 rings (SSSR count). The van der Waals surface area contributed by atoms with Crippen LogP contribution in [-0.2, 0) is 6.54 Å². The molecule has 0 unspecified atom stereocenters. The third-order valence-electron chi connectivity index (χ3n) is 4.30. The van der Waals surface area contributed by atoms with Crippen molar-refractivity contribution in [2.45, 2.75) is 26.3 Å². The van der Waals surface area contributed by atoms with Gasteiger partial charge >= 0.3 is 0 Å². The van der Waals surface area contributed by atoms with Crippen molar-refractivity contribution < 1.29 is 4.79 Å². The Morgan fingerprint density at radius 1 is 1.19 bits per heavy atom. The highest BCUT2D eigenvalue weighted by molar-refractivity contribution is 7.12. The second-order valence-corrected chi connectivity index (χ2v) is 7.03. The molecular weight excluding hydrogens is 346 g/mol. The number of rotatable bonds is 5. The van der Waals surface area contributed by atoms with E-state index in [2.05, 4.69) is 17.2 Å². The number of thiophene rings is 1. The van der Waals surface area contributed by atoms with Crippen LogP contribution in [0, 0.1) is 0 Å². The molecule has 3 aromatic heterocycles. The van der Waals surface area contributed by atoms with E-state index in [1.807, 2.05) is 40.3 Å². The largest absolute Gasteiger partial charge is 0.394 e. The van der Waals surface area contributed by atoms with Crippen LogP contribution in [0.1, 0.15) is 29.4 Å². The number of unbranched alkanes of at least 4 members (excludes halogenated alkanes) is 1. The van der Waals surface area contributed by atoms with Crippen LogP contribution < -0.4 is 11.1 Å². The van der Waals surface area contributed by atoms with Gasteiger partial charge in [0.15, 0.2) is 5.65 Å². The molecule has 1 amide bonds. The molecular formula is C19H19N5OS. The second kappa shape index (κ2) is 6.76. The van der Waals surface area contributed by atoms with Crippen LogP contribution in [0.25, 0.3) is 22.2 Å². The van der Waals surface area contributed by atoms with Gasteiger partial charge in [0.1, 0.15) is 17.0 Å². The van der Waals surface area contributed by atoms with Crippen molar-refractivity contribution in [1.82, 2.24) is 14.5 Å². The van der Waals surface area contributed by atoms with Crippen molar-refractivity contribution in [2.75, 3.05) is 11.1 Å². The summed E-state index contributed by atoms with van der Waals surface area (Å²) in [5.74, 6) is 0.402. The van der Waals surface area contributed by atoms with Crippen LogP contribution in [0.15, 0.2) is 41.8 Å². The number of carbonyl (C=O) groups is 1. The number of nitrogens with zero attached hydrogens (tertiary/aromatic N) is 3. The average Bonchev–Trinajstić information content (AvgIpc) is 3.27. The summed E-state index contributed by atoms with van der Waals surface area (Å²) in [6, 6.07) is 11.3. The SMILES string of the molecule is CCCCn1c(NC(=O)c2cccs2)c(N)c2nc3ccccc3nc21. The Morgan fingerprint density at radius 3 is 2.65 bits per heavy atom. The van der Waals surface area contributed by atoms with Crippen molar-refractivity contribution in [1.29, 1.82) is 0 Å². The van der Waals surface area contributed by atoms with Gasteiger partial charge in [-0.3, -0.25) is 4.79 Å². The number of nitrogen functional groups attached to an aromatic ring is 1. The number of carbonyl (C=O) groups excluding carboxylic acids is 1. The van der Waals surface area contributed by atoms with E-state index in [4.69, 9.17) is 10.7 Å². The number of hydrogen-bond donors (Lipinski definition) is 2. The predicted octanol–water partition coefficient (Wildman–Crippen LogP) is 4.28. The first-order valence-corrected chi connectivity index (χ1v) is 9.46. The molecule has 0 aliphatic carbocycles. The average molecular weight is 365 g/mol. The molecule has 1 aromatic carbocycles. The van der Waals surface area contributed by atoms with Gasteiger partial charge < -0.3 is 15.6 Å². The van der Waals surface area contributed by atoms with E-state index in [0.29, 0.717) is 27.5 Å². The topological polar surface area (TPSA) is 85.8 Å². The summed E-state index contributed by atoms with van der Waals surface area (Å²) in [5, 5.41) is 4.84. The minimum atomic E-state index is -0.170. The van der Waals surface area contributed by atoms with Crippen LogP contribution in [0.3, 0.4) is 0 Å². The van der Waals surface area contributed by atoms with Crippen LogP contribution in [0.4, 0.5) is 11.5 Å². The lowest BCUT2D eigenvalue weighted by atomic mass is 10.3. The van der Waals surface area contributed by atoms with E-state index in [1.165, 1.54) is 11.3 Å². The van der Waals surface area contributed by atoms with Crippen molar-refractivity contribution >= 4 is 50.9 Å². The third kappa shape index (κ3) is 2.80. The zero-order chi connectivity index (χ0) is 18.1. The normalized spacial score (nSPS) is 11.3. The number of amides is 1. The standard InChI is InChI=1S/C19H19N5OS/c1-2-3-10-24-17(23-19(25)14-9-6-11-26-14)15(20)16-18(24)22-13-8-5-4-7-12(13)21-16/h4-9,11H,2-3,10,20H2,1H3,(H,23,25). The molecule has 0 spiro atoms. The van der Waals surface area contributed by atoms with Gasteiger partial charge in [0, 0.05) is 6.54 Å². The first kappa shape index (κ1) is 16.5. The summed E-state index contributed by atoms with van der Waals surface area (Å²) in [7, 11) is 0. The Kier molecular flexibility index (Phi) is 4.30. The highest BCUT2D eigenvalue weighted by atomic mass is 32.1. The third-order valence-corrected chi connectivity index (χ3v) is 5.17. The number of aryl methyl sites for hydroxylation is 1. The highest BCUT2D eigenvalue weighted by Gasteiger charge is 2.20. The Bertz CT molecular complexity index is 1080. The molecule has 0 radical (unpaired) electrons.